The highest BCUT2D eigenvalue weighted by Crippen LogP contribution is 2.27. The predicted molar refractivity (Wildman–Crippen MR) is 62.9 cm³/mol. The summed E-state index contributed by atoms with van der Waals surface area (Å²) in [6.07, 6.45) is 0. The van der Waals surface area contributed by atoms with Gasteiger partial charge in [0.05, 0.1) is 10.0 Å². The largest absolute Gasteiger partial charge is 0.489 e. The second kappa shape index (κ2) is 6.46. The lowest BCUT2D eigenvalue weighted by atomic mass is 10.2. The summed E-state index contributed by atoms with van der Waals surface area (Å²) in [5.74, 6) is -0.376. The number of benzene rings is 1. The van der Waals surface area contributed by atoms with Crippen LogP contribution in [0.15, 0.2) is 16.6 Å². The summed E-state index contributed by atoms with van der Waals surface area (Å²) in [6, 6.07) is 4.87. The molecule has 0 aliphatic rings. The summed E-state index contributed by atoms with van der Waals surface area (Å²) < 4.78 is 19.0. The molecular formula is C11H12BrFN2O. The number of nitrogens with one attached hydrogen (secondary N) is 1. The van der Waals surface area contributed by atoms with Crippen molar-refractivity contribution in [2.75, 3.05) is 19.7 Å². The van der Waals surface area contributed by atoms with E-state index < -0.39 is 5.82 Å². The Kier molecular flexibility index (Phi) is 5.23. The van der Waals surface area contributed by atoms with Crippen molar-refractivity contribution in [1.82, 2.24) is 5.32 Å². The average Bonchev–Trinajstić information content (AvgIpc) is 2.30. The summed E-state index contributed by atoms with van der Waals surface area (Å²) in [5, 5.41) is 11.7. The van der Waals surface area contributed by atoms with Crippen LogP contribution < -0.4 is 10.1 Å². The third-order valence-corrected chi connectivity index (χ3v) is 2.73. The molecule has 5 heteroatoms. The third kappa shape index (κ3) is 3.19. The number of hydrogen-bond donors (Lipinski definition) is 1. The molecule has 0 atom stereocenters. The Labute approximate surface area is 102 Å². The molecule has 0 spiro atoms. The van der Waals surface area contributed by atoms with E-state index in [1.807, 2.05) is 13.0 Å². The summed E-state index contributed by atoms with van der Waals surface area (Å²) in [6.45, 7) is 3.89. The standard InChI is InChI=1S/C11H12BrFN2O/c1-2-15-5-6-16-9-4-3-8(7-14)10(12)11(9)13/h3-4,15H,2,5-6H2,1H3. The number of rotatable bonds is 5. The second-order valence-electron chi connectivity index (χ2n) is 3.05. The monoisotopic (exact) mass is 286 g/mol. The lowest BCUT2D eigenvalue weighted by molar-refractivity contribution is 0.299. The first-order valence-corrected chi connectivity index (χ1v) is 5.71. The van der Waals surface area contributed by atoms with Gasteiger partial charge in [0.25, 0.3) is 0 Å². The normalized spacial score (nSPS) is 9.88. The molecule has 0 aromatic heterocycles. The van der Waals surface area contributed by atoms with Crippen LogP contribution in [0.3, 0.4) is 0 Å². The zero-order valence-electron chi connectivity index (χ0n) is 8.89. The van der Waals surface area contributed by atoms with Gasteiger partial charge in [-0.25, -0.2) is 4.39 Å². The lowest BCUT2D eigenvalue weighted by Gasteiger charge is -2.08. The Balaban J connectivity index is 2.68. The lowest BCUT2D eigenvalue weighted by Crippen LogP contribution is -2.20. The molecule has 1 N–H and O–H groups in total. The molecule has 0 radical (unpaired) electrons. The van der Waals surface area contributed by atoms with Crippen LogP contribution in [0.4, 0.5) is 4.39 Å². The van der Waals surface area contributed by atoms with Crippen LogP contribution in [0.2, 0.25) is 0 Å². The summed E-state index contributed by atoms with van der Waals surface area (Å²) in [7, 11) is 0. The van der Waals surface area contributed by atoms with E-state index in [9.17, 15) is 4.39 Å². The average molecular weight is 287 g/mol. The fraction of sp³-hybridized carbons (Fsp3) is 0.364. The Morgan fingerprint density at radius 2 is 2.31 bits per heavy atom. The molecule has 1 aromatic carbocycles. The summed E-state index contributed by atoms with van der Waals surface area (Å²) in [4.78, 5) is 0. The van der Waals surface area contributed by atoms with Gasteiger partial charge < -0.3 is 10.1 Å². The maximum absolute atomic E-state index is 13.6. The quantitative estimate of drug-likeness (QED) is 0.846. The van der Waals surface area contributed by atoms with E-state index in [1.165, 1.54) is 12.1 Å². The Hall–Kier alpha value is -1.12. The first-order chi connectivity index (χ1) is 7.70. The van der Waals surface area contributed by atoms with Gasteiger partial charge in [-0.1, -0.05) is 6.92 Å². The number of likely N-dealkylation sites (N-methyl/N-ethyl adjacent to an activating group) is 1. The Morgan fingerprint density at radius 1 is 1.56 bits per heavy atom. The van der Waals surface area contributed by atoms with Crippen molar-refractivity contribution in [3.05, 3.63) is 28.0 Å². The van der Waals surface area contributed by atoms with Crippen LogP contribution in [-0.2, 0) is 0 Å². The van der Waals surface area contributed by atoms with E-state index in [2.05, 4.69) is 21.2 Å². The predicted octanol–water partition coefficient (Wildman–Crippen LogP) is 2.45. The first-order valence-electron chi connectivity index (χ1n) is 4.92. The van der Waals surface area contributed by atoms with Crippen molar-refractivity contribution in [3.63, 3.8) is 0 Å². The minimum Gasteiger partial charge on any atom is -0.489 e. The Morgan fingerprint density at radius 3 is 2.94 bits per heavy atom. The number of nitrogens with zero attached hydrogens (tertiary/aromatic N) is 1. The van der Waals surface area contributed by atoms with Gasteiger partial charge in [-0.05, 0) is 34.6 Å². The molecule has 0 saturated carbocycles. The van der Waals surface area contributed by atoms with Gasteiger partial charge in [-0.3, -0.25) is 0 Å². The highest BCUT2D eigenvalue weighted by molar-refractivity contribution is 9.10. The molecule has 0 bridgehead atoms. The molecule has 16 heavy (non-hydrogen) atoms. The summed E-state index contributed by atoms with van der Waals surface area (Å²) in [5.41, 5.74) is 0.261. The van der Waals surface area contributed by atoms with Gasteiger partial charge >= 0.3 is 0 Å². The van der Waals surface area contributed by atoms with E-state index in [0.29, 0.717) is 13.2 Å². The van der Waals surface area contributed by atoms with Gasteiger partial charge in [0.1, 0.15) is 12.7 Å². The first kappa shape index (κ1) is 12.9. The Bertz CT molecular complexity index is 404. The van der Waals surface area contributed by atoms with Crippen molar-refractivity contribution in [1.29, 1.82) is 5.26 Å². The molecule has 0 aliphatic carbocycles. The maximum atomic E-state index is 13.6. The van der Waals surface area contributed by atoms with Gasteiger partial charge in [0, 0.05) is 6.54 Å². The zero-order chi connectivity index (χ0) is 12.0. The fourth-order valence-corrected chi connectivity index (χ4v) is 1.56. The van der Waals surface area contributed by atoms with Gasteiger partial charge in [0.2, 0.25) is 0 Å². The van der Waals surface area contributed by atoms with Gasteiger partial charge in [-0.15, -0.1) is 0 Å². The number of halogens is 2. The molecule has 3 nitrogen and oxygen atoms in total. The topological polar surface area (TPSA) is 45.0 Å². The van der Waals surface area contributed by atoms with Crippen molar-refractivity contribution >= 4 is 15.9 Å². The number of ether oxygens (including phenoxy) is 1. The van der Waals surface area contributed by atoms with E-state index >= 15 is 0 Å². The molecule has 0 unspecified atom stereocenters. The maximum Gasteiger partial charge on any atom is 0.180 e. The third-order valence-electron chi connectivity index (χ3n) is 1.95. The SMILES string of the molecule is CCNCCOc1ccc(C#N)c(Br)c1F. The van der Waals surface area contributed by atoms with Crippen LogP contribution in [0.25, 0.3) is 0 Å². The smallest absolute Gasteiger partial charge is 0.180 e. The molecule has 0 aliphatic heterocycles. The van der Waals surface area contributed by atoms with Crippen LogP contribution in [0, 0.1) is 17.1 Å². The van der Waals surface area contributed by atoms with Crippen molar-refractivity contribution < 1.29 is 9.13 Å². The van der Waals surface area contributed by atoms with E-state index in [1.54, 1.807) is 0 Å². The molecule has 0 saturated heterocycles. The fourth-order valence-electron chi connectivity index (χ4n) is 1.14. The molecule has 86 valence electrons. The van der Waals surface area contributed by atoms with Gasteiger partial charge in [0.15, 0.2) is 11.6 Å². The van der Waals surface area contributed by atoms with E-state index in [4.69, 9.17) is 10.00 Å². The highest BCUT2D eigenvalue weighted by Gasteiger charge is 2.11. The van der Waals surface area contributed by atoms with E-state index in [0.717, 1.165) is 6.54 Å². The molecule has 1 rings (SSSR count). The van der Waals surface area contributed by atoms with Crippen LogP contribution in [0.1, 0.15) is 12.5 Å². The molecular weight excluding hydrogens is 275 g/mol. The number of nitriles is 1. The van der Waals surface area contributed by atoms with Crippen molar-refractivity contribution in [3.8, 4) is 11.8 Å². The van der Waals surface area contributed by atoms with E-state index in [-0.39, 0.29) is 15.8 Å². The molecule has 0 amide bonds. The van der Waals surface area contributed by atoms with Gasteiger partial charge in [-0.2, -0.15) is 5.26 Å². The van der Waals surface area contributed by atoms with Crippen molar-refractivity contribution in [2.45, 2.75) is 6.92 Å². The molecule has 0 heterocycles. The minimum absolute atomic E-state index is 0.149. The summed E-state index contributed by atoms with van der Waals surface area (Å²) >= 11 is 3.02. The second-order valence-corrected chi connectivity index (χ2v) is 3.85. The van der Waals surface area contributed by atoms with Crippen LogP contribution >= 0.6 is 15.9 Å². The van der Waals surface area contributed by atoms with Crippen LogP contribution in [0.5, 0.6) is 5.75 Å². The zero-order valence-corrected chi connectivity index (χ0v) is 10.5. The number of hydrogen-bond acceptors (Lipinski definition) is 3. The molecule has 0 fully saturated rings. The van der Waals surface area contributed by atoms with Crippen molar-refractivity contribution in [2.24, 2.45) is 0 Å². The minimum atomic E-state index is -0.532. The van der Waals surface area contributed by atoms with Crippen LogP contribution in [-0.4, -0.2) is 19.7 Å². The molecule has 1 aromatic rings. The highest BCUT2D eigenvalue weighted by atomic mass is 79.9.